The third-order valence-electron chi connectivity index (χ3n) is 4.86. The highest BCUT2D eigenvalue weighted by Gasteiger charge is 2.30. The second-order valence-corrected chi connectivity index (χ2v) is 8.29. The minimum atomic E-state index is -0.349. The molecule has 2 heterocycles. The van der Waals surface area contributed by atoms with Crippen LogP contribution in [0.2, 0.25) is 0 Å². The first-order chi connectivity index (χ1) is 11.2. The maximum absolute atomic E-state index is 12.6. The SMILES string of the molecule is Cc1nc(C(C)(C)C)[nH]c(=O)c1C(=O)NC1CCN(CC2CC2)C1. The fraction of sp³-hybridized carbons (Fsp3) is 0.722. The van der Waals surface area contributed by atoms with Crippen molar-refractivity contribution in [1.29, 1.82) is 0 Å². The highest BCUT2D eigenvalue weighted by molar-refractivity contribution is 5.95. The predicted molar refractivity (Wildman–Crippen MR) is 93.3 cm³/mol. The van der Waals surface area contributed by atoms with Gasteiger partial charge in [0.25, 0.3) is 11.5 Å². The number of H-pyrrole nitrogens is 1. The van der Waals surface area contributed by atoms with Gasteiger partial charge in [-0.05, 0) is 32.1 Å². The molecule has 1 aliphatic carbocycles. The summed E-state index contributed by atoms with van der Waals surface area (Å²) in [6.45, 7) is 10.7. The Morgan fingerprint density at radius 2 is 2.04 bits per heavy atom. The molecule has 0 bridgehead atoms. The number of aromatic amines is 1. The van der Waals surface area contributed by atoms with E-state index in [1.807, 2.05) is 20.8 Å². The van der Waals surface area contributed by atoms with Gasteiger partial charge in [-0.15, -0.1) is 0 Å². The summed E-state index contributed by atoms with van der Waals surface area (Å²) >= 11 is 0. The average molecular weight is 332 g/mol. The minimum Gasteiger partial charge on any atom is -0.348 e. The van der Waals surface area contributed by atoms with E-state index in [0.717, 1.165) is 32.0 Å². The van der Waals surface area contributed by atoms with Crippen LogP contribution in [0.25, 0.3) is 0 Å². The topological polar surface area (TPSA) is 78.1 Å². The molecule has 2 N–H and O–H groups in total. The summed E-state index contributed by atoms with van der Waals surface area (Å²) in [6, 6.07) is 0.123. The van der Waals surface area contributed by atoms with Crippen LogP contribution in [0, 0.1) is 12.8 Å². The molecule has 1 aromatic heterocycles. The Bertz CT molecular complexity index is 685. The highest BCUT2D eigenvalue weighted by atomic mass is 16.2. The predicted octanol–water partition coefficient (Wildman–Crippen LogP) is 1.59. The molecule has 6 heteroatoms. The zero-order valence-electron chi connectivity index (χ0n) is 15.1. The highest BCUT2D eigenvalue weighted by Crippen LogP contribution is 2.30. The lowest BCUT2D eigenvalue weighted by atomic mass is 9.95. The lowest BCUT2D eigenvalue weighted by molar-refractivity contribution is 0.0934. The Labute approximate surface area is 143 Å². The molecule has 1 saturated carbocycles. The van der Waals surface area contributed by atoms with Crippen molar-refractivity contribution in [3.63, 3.8) is 0 Å². The number of nitrogens with zero attached hydrogens (tertiary/aromatic N) is 2. The number of hydrogen-bond acceptors (Lipinski definition) is 4. The molecule has 0 radical (unpaired) electrons. The van der Waals surface area contributed by atoms with Gasteiger partial charge in [0.2, 0.25) is 0 Å². The fourth-order valence-corrected chi connectivity index (χ4v) is 3.25. The van der Waals surface area contributed by atoms with Gasteiger partial charge in [-0.1, -0.05) is 20.8 Å². The van der Waals surface area contributed by atoms with Crippen molar-refractivity contribution >= 4 is 5.91 Å². The maximum Gasteiger partial charge on any atom is 0.264 e. The number of likely N-dealkylation sites (tertiary alicyclic amines) is 1. The van der Waals surface area contributed by atoms with Gasteiger partial charge in [0.05, 0.1) is 5.69 Å². The van der Waals surface area contributed by atoms with Crippen LogP contribution in [0.5, 0.6) is 0 Å². The van der Waals surface area contributed by atoms with Crippen molar-refractivity contribution in [3.8, 4) is 0 Å². The van der Waals surface area contributed by atoms with Gasteiger partial charge >= 0.3 is 0 Å². The number of rotatable bonds is 4. The van der Waals surface area contributed by atoms with Gasteiger partial charge in [0.1, 0.15) is 11.4 Å². The van der Waals surface area contributed by atoms with Crippen LogP contribution in [-0.2, 0) is 5.41 Å². The molecule has 0 spiro atoms. The van der Waals surface area contributed by atoms with Crippen LogP contribution in [0.1, 0.15) is 61.9 Å². The molecule has 1 atom stereocenters. The Balaban J connectivity index is 1.68. The van der Waals surface area contributed by atoms with E-state index >= 15 is 0 Å². The maximum atomic E-state index is 12.6. The van der Waals surface area contributed by atoms with E-state index in [2.05, 4.69) is 20.2 Å². The van der Waals surface area contributed by atoms with Crippen molar-refractivity contribution in [1.82, 2.24) is 20.2 Å². The first-order valence-electron chi connectivity index (χ1n) is 8.88. The van der Waals surface area contributed by atoms with Crippen molar-refractivity contribution < 1.29 is 4.79 Å². The quantitative estimate of drug-likeness (QED) is 0.878. The molecule has 1 unspecified atom stereocenters. The van der Waals surface area contributed by atoms with Gasteiger partial charge in [-0.25, -0.2) is 4.98 Å². The van der Waals surface area contributed by atoms with E-state index in [1.165, 1.54) is 12.8 Å². The number of carbonyl (C=O) groups is 1. The summed E-state index contributed by atoms with van der Waals surface area (Å²) in [4.78, 5) is 34.6. The summed E-state index contributed by atoms with van der Waals surface area (Å²) in [5, 5.41) is 3.02. The van der Waals surface area contributed by atoms with Crippen molar-refractivity contribution in [3.05, 3.63) is 27.4 Å². The van der Waals surface area contributed by atoms with Crippen LogP contribution in [0.4, 0.5) is 0 Å². The third kappa shape index (κ3) is 3.86. The largest absolute Gasteiger partial charge is 0.348 e. The zero-order chi connectivity index (χ0) is 17.5. The number of amides is 1. The van der Waals surface area contributed by atoms with Crippen molar-refractivity contribution in [2.75, 3.05) is 19.6 Å². The van der Waals surface area contributed by atoms with Crippen molar-refractivity contribution in [2.45, 2.75) is 58.4 Å². The Kier molecular flexibility index (Phi) is 4.51. The molecule has 132 valence electrons. The molecule has 2 aliphatic rings. The second kappa shape index (κ2) is 6.31. The first kappa shape index (κ1) is 17.1. The number of aromatic nitrogens is 2. The molecular formula is C18H28N4O2. The molecule has 2 fully saturated rings. The minimum absolute atomic E-state index is 0.123. The molecule has 6 nitrogen and oxygen atoms in total. The normalized spacial score (nSPS) is 21.9. The van der Waals surface area contributed by atoms with Gasteiger partial charge < -0.3 is 15.2 Å². The van der Waals surface area contributed by atoms with Gasteiger partial charge in [0.15, 0.2) is 0 Å². The monoisotopic (exact) mass is 332 g/mol. The van der Waals surface area contributed by atoms with Gasteiger partial charge in [-0.2, -0.15) is 0 Å². The second-order valence-electron chi connectivity index (χ2n) is 8.29. The number of hydrogen-bond donors (Lipinski definition) is 2. The van der Waals surface area contributed by atoms with Crippen LogP contribution >= 0.6 is 0 Å². The lowest BCUT2D eigenvalue weighted by Gasteiger charge is -2.19. The lowest BCUT2D eigenvalue weighted by Crippen LogP contribution is -2.40. The molecule has 24 heavy (non-hydrogen) atoms. The molecule has 3 rings (SSSR count). The van der Waals surface area contributed by atoms with E-state index in [-0.39, 0.29) is 28.5 Å². The summed E-state index contributed by atoms with van der Waals surface area (Å²) in [5.74, 6) is 1.16. The summed E-state index contributed by atoms with van der Waals surface area (Å²) in [5.41, 5.74) is 0.0312. The zero-order valence-corrected chi connectivity index (χ0v) is 15.1. The van der Waals surface area contributed by atoms with Gasteiger partial charge in [0, 0.05) is 31.1 Å². The summed E-state index contributed by atoms with van der Waals surface area (Å²) < 4.78 is 0. The van der Waals surface area contributed by atoms with E-state index in [1.54, 1.807) is 6.92 Å². The molecule has 1 aromatic rings. The Morgan fingerprint density at radius 1 is 1.33 bits per heavy atom. The smallest absolute Gasteiger partial charge is 0.264 e. The van der Waals surface area contributed by atoms with Crippen molar-refractivity contribution in [2.24, 2.45) is 5.92 Å². The molecule has 1 amide bonds. The number of nitrogens with one attached hydrogen (secondary N) is 2. The van der Waals surface area contributed by atoms with Crippen LogP contribution in [0.15, 0.2) is 4.79 Å². The van der Waals surface area contributed by atoms with E-state index in [4.69, 9.17) is 0 Å². The standard InChI is InChI=1S/C18H28N4O2/c1-11-14(16(24)21-17(19-11)18(2,3)4)15(23)20-13-7-8-22(10-13)9-12-5-6-12/h12-13H,5-10H2,1-4H3,(H,20,23)(H,19,21,24). The fourth-order valence-electron chi connectivity index (χ4n) is 3.25. The van der Waals surface area contributed by atoms with Crippen LogP contribution in [0.3, 0.4) is 0 Å². The number of aryl methyl sites for hydroxylation is 1. The molecule has 0 aromatic carbocycles. The molecule has 1 aliphatic heterocycles. The van der Waals surface area contributed by atoms with E-state index in [0.29, 0.717) is 11.5 Å². The Morgan fingerprint density at radius 3 is 2.62 bits per heavy atom. The Hall–Kier alpha value is -1.69. The summed E-state index contributed by atoms with van der Waals surface area (Å²) in [7, 11) is 0. The van der Waals surface area contributed by atoms with Gasteiger partial charge in [-0.3, -0.25) is 9.59 Å². The molecule has 1 saturated heterocycles. The summed E-state index contributed by atoms with van der Waals surface area (Å²) in [6.07, 6.45) is 3.63. The van der Waals surface area contributed by atoms with E-state index in [9.17, 15) is 9.59 Å². The number of carbonyl (C=O) groups excluding carboxylic acids is 1. The van der Waals surface area contributed by atoms with Crippen LogP contribution < -0.4 is 10.9 Å². The van der Waals surface area contributed by atoms with Crippen LogP contribution in [-0.4, -0.2) is 46.5 Å². The first-order valence-corrected chi connectivity index (χ1v) is 8.88. The third-order valence-corrected chi connectivity index (χ3v) is 4.86. The van der Waals surface area contributed by atoms with E-state index < -0.39 is 0 Å². The molecular weight excluding hydrogens is 304 g/mol. The average Bonchev–Trinajstić information content (AvgIpc) is 3.16.